The van der Waals surface area contributed by atoms with Crippen LogP contribution in [0.15, 0.2) is 36.4 Å². The molecule has 2 aromatic carbocycles. The van der Waals surface area contributed by atoms with Gasteiger partial charge >= 0.3 is 0 Å². The summed E-state index contributed by atoms with van der Waals surface area (Å²) in [5, 5.41) is 4.41. The molecule has 112 valence electrons. The Labute approximate surface area is 132 Å². The molecule has 2 atom stereocenters. The summed E-state index contributed by atoms with van der Waals surface area (Å²) in [6.45, 7) is 3.72. The third-order valence-corrected chi connectivity index (χ3v) is 3.93. The van der Waals surface area contributed by atoms with Crippen LogP contribution in [0, 0.1) is 11.6 Å². The van der Waals surface area contributed by atoms with Gasteiger partial charge in [0, 0.05) is 33.8 Å². The summed E-state index contributed by atoms with van der Waals surface area (Å²) in [4.78, 5) is 0. The number of rotatable bonds is 4. The van der Waals surface area contributed by atoms with E-state index in [0.29, 0.717) is 15.6 Å². The van der Waals surface area contributed by atoms with Gasteiger partial charge in [0.15, 0.2) is 0 Å². The molecule has 2 unspecified atom stereocenters. The lowest BCUT2D eigenvalue weighted by Gasteiger charge is -2.22. The van der Waals surface area contributed by atoms with E-state index in [-0.39, 0.29) is 12.1 Å². The van der Waals surface area contributed by atoms with Crippen LogP contribution in [-0.2, 0) is 0 Å². The molecule has 5 heteroatoms. The number of halogens is 4. The van der Waals surface area contributed by atoms with Gasteiger partial charge in [-0.05, 0) is 43.7 Å². The van der Waals surface area contributed by atoms with Crippen LogP contribution in [0.3, 0.4) is 0 Å². The minimum atomic E-state index is -0.589. The Balaban J connectivity index is 2.18. The van der Waals surface area contributed by atoms with Gasteiger partial charge in [-0.2, -0.15) is 0 Å². The van der Waals surface area contributed by atoms with E-state index in [1.54, 1.807) is 18.2 Å². The fourth-order valence-electron chi connectivity index (χ4n) is 2.25. The quantitative estimate of drug-likeness (QED) is 0.760. The smallest absolute Gasteiger partial charge is 0.130 e. The first-order valence-electron chi connectivity index (χ1n) is 6.54. The van der Waals surface area contributed by atoms with Crippen molar-refractivity contribution < 1.29 is 8.78 Å². The minimum absolute atomic E-state index is 0.129. The maximum Gasteiger partial charge on any atom is 0.130 e. The third-order valence-electron chi connectivity index (χ3n) is 3.35. The van der Waals surface area contributed by atoms with Crippen LogP contribution >= 0.6 is 23.2 Å². The van der Waals surface area contributed by atoms with Crippen molar-refractivity contribution in [1.82, 2.24) is 5.32 Å². The van der Waals surface area contributed by atoms with Gasteiger partial charge in [0.2, 0.25) is 0 Å². The second-order valence-electron chi connectivity index (χ2n) is 4.94. The Hall–Kier alpha value is -1.16. The van der Waals surface area contributed by atoms with Crippen molar-refractivity contribution in [3.63, 3.8) is 0 Å². The van der Waals surface area contributed by atoms with Crippen LogP contribution in [0.5, 0.6) is 0 Å². The first-order valence-corrected chi connectivity index (χ1v) is 7.30. The molecule has 21 heavy (non-hydrogen) atoms. The van der Waals surface area contributed by atoms with E-state index in [2.05, 4.69) is 5.32 Å². The Morgan fingerprint density at radius 2 is 1.57 bits per heavy atom. The van der Waals surface area contributed by atoms with Gasteiger partial charge in [-0.1, -0.05) is 29.3 Å². The first kappa shape index (κ1) is 16.2. The van der Waals surface area contributed by atoms with Crippen molar-refractivity contribution in [1.29, 1.82) is 0 Å². The van der Waals surface area contributed by atoms with Crippen molar-refractivity contribution in [3.05, 3.63) is 69.2 Å². The summed E-state index contributed by atoms with van der Waals surface area (Å²) in [6.07, 6.45) is 0. The molecule has 0 aliphatic heterocycles. The highest BCUT2D eigenvalue weighted by molar-refractivity contribution is 6.33. The van der Waals surface area contributed by atoms with E-state index >= 15 is 0 Å². The van der Waals surface area contributed by atoms with Gasteiger partial charge < -0.3 is 5.32 Å². The molecule has 2 rings (SSSR count). The molecule has 0 aromatic heterocycles. The standard InChI is InChI=1S/C16H15Cl2F2N/c1-9(13-5-4-12(19)8-16(13)20)21-10(2)14-7-11(17)3-6-15(14)18/h3-10,21H,1-2H3. The number of hydrogen-bond acceptors (Lipinski definition) is 1. The highest BCUT2D eigenvalue weighted by Gasteiger charge is 2.17. The normalized spacial score (nSPS) is 14.0. The van der Waals surface area contributed by atoms with Gasteiger partial charge in [-0.15, -0.1) is 0 Å². The molecular weight excluding hydrogens is 315 g/mol. The zero-order chi connectivity index (χ0) is 15.6. The highest BCUT2D eigenvalue weighted by atomic mass is 35.5. The van der Waals surface area contributed by atoms with Crippen molar-refractivity contribution in [2.45, 2.75) is 25.9 Å². The van der Waals surface area contributed by atoms with Crippen molar-refractivity contribution in [3.8, 4) is 0 Å². The molecule has 0 bridgehead atoms. The molecule has 0 fully saturated rings. The van der Waals surface area contributed by atoms with Gasteiger partial charge in [-0.25, -0.2) is 8.78 Å². The summed E-state index contributed by atoms with van der Waals surface area (Å²) < 4.78 is 26.7. The molecule has 0 saturated heterocycles. The van der Waals surface area contributed by atoms with E-state index in [0.717, 1.165) is 11.6 Å². The van der Waals surface area contributed by atoms with Crippen LogP contribution < -0.4 is 5.32 Å². The molecule has 0 aliphatic carbocycles. The molecule has 0 spiro atoms. The van der Waals surface area contributed by atoms with Crippen LogP contribution in [0.4, 0.5) is 8.78 Å². The summed E-state index contributed by atoms with van der Waals surface area (Å²) in [6, 6.07) is 8.34. The van der Waals surface area contributed by atoms with Gasteiger partial charge in [0.05, 0.1) is 0 Å². The Bertz CT molecular complexity index is 646. The molecule has 0 heterocycles. The molecule has 1 nitrogen and oxygen atoms in total. The number of benzene rings is 2. The Morgan fingerprint density at radius 1 is 0.905 bits per heavy atom. The second kappa shape index (κ2) is 6.73. The molecule has 0 saturated carbocycles. The van der Waals surface area contributed by atoms with Gasteiger partial charge in [0.25, 0.3) is 0 Å². The summed E-state index contributed by atoms with van der Waals surface area (Å²) in [7, 11) is 0. The Kier molecular flexibility index (Phi) is 5.20. The van der Waals surface area contributed by atoms with E-state index in [4.69, 9.17) is 23.2 Å². The van der Waals surface area contributed by atoms with Crippen molar-refractivity contribution >= 4 is 23.2 Å². The van der Waals surface area contributed by atoms with Crippen molar-refractivity contribution in [2.24, 2.45) is 0 Å². The largest absolute Gasteiger partial charge is 0.303 e. The van der Waals surface area contributed by atoms with E-state index in [1.165, 1.54) is 12.1 Å². The lowest BCUT2D eigenvalue weighted by molar-refractivity contribution is 0.470. The third kappa shape index (κ3) is 3.94. The number of nitrogens with one attached hydrogen (secondary N) is 1. The average Bonchev–Trinajstić information content (AvgIpc) is 2.41. The average molecular weight is 330 g/mol. The zero-order valence-electron chi connectivity index (χ0n) is 11.6. The summed E-state index contributed by atoms with van der Waals surface area (Å²) >= 11 is 12.1. The maximum absolute atomic E-state index is 13.8. The SMILES string of the molecule is CC(NC(C)c1cc(Cl)ccc1Cl)c1ccc(F)cc1F. The molecule has 2 aromatic rings. The lowest BCUT2D eigenvalue weighted by atomic mass is 10.0. The monoisotopic (exact) mass is 329 g/mol. The lowest BCUT2D eigenvalue weighted by Crippen LogP contribution is -2.23. The van der Waals surface area contributed by atoms with E-state index < -0.39 is 11.6 Å². The predicted octanol–water partition coefficient (Wildman–Crippen LogP) is 5.68. The topological polar surface area (TPSA) is 12.0 Å². The second-order valence-corrected chi connectivity index (χ2v) is 5.79. The molecule has 0 aliphatic rings. The first-order chi connectivity index (χ1) is 9.88. The Morgan fingerprint density at radius 3 is 2.24 bits per heavy atom. The van der Waals surface area contributed by atoms with Gasteiger partial charge in [0.1, 0.15) is 11.6 Å². The highest BCUT2D eigenvalue weighted by Crippen LogP contribution is 2.28. The minimum Gasteiger partial charge on any atom is -0.303 e. The van der Waals surface area contributed by atoms with Crippen LogP contribution in [0.1, 0.15) is 37.1 Å². The van der Waals surface area contributed by atoms with Crippen molar-refractivity contribution in [2.75, 3.05) is 0 Å². The summed E-state index contributed by atoms with van der Waals surface area (Å²) in [5.41, 5.74) is 1.24. The maximum atomic E-state index is 13.8. The van der Waals surface area contributed by atoms with Gasteiger partial charge in [-0.3, -0.25) is 0 Å². The van der Waals surface area contributed by atoms with E-state index in [9.17, 15) is 8.78 Å². The molecule has 0 radical (unpaired) electrons. The summed E-state index contributed by atoms with van der Waals surface area (Å²) in [5.74, 6) is -1.16. The molecule has 0 amide bonds. The molecule has 1 N–H and O–H groups in total. The van der Waals surface area contributed by atoms with Crippen LogP contribution in [-0.4, -0.2) is 0 Å². The van der Waals surface area contributed by atoms with Crippen LogP contribution in [0.25, 0.3) is 0 Å². The fourth-order valence-corrected chi connectivity index (χ4v) is 2.72. The predicted molar refractivity (Wildman–Crippen MR) is 82.8 cm³/mol. The number of hydrogen-bond donors (Lipinski definition) is 1. The van der Waals surface area contributed by atoms with Crippen LogP contribution in [0.2, 0.25) is 10.0 Å². The molecular formula is C16H15Cl2F2N. The van der Waals surface area contributed by atoms with E-state index in [1.807, 2.05) is 13.8 Å². The fraction of sp³-hybridized carbons (Fsp3) is 0.250. The zero-order valence-corrected chi connectivity index (χ0v) is 13.1.